The van der Waals surface area contributed by atoms with Gasteiger partial charge in [0.2, 0.25) is 0 Å². The van der Waals surface area contributed by atoms with E-state index in [2.05, 4.69) is 5.10 Å². The normalized spacial score (nSPS) is 29.5. The molecule has 4 heterocycles. The number of benzene rings is 1. The summed E-state index contributed by atoms with van der Waals surface area (Å²) in [6, 6.07) is 7.81. The molecule has 0 saturated carbocycles. The molecule has 5 rings (SSSR count). The van der Waals surface area contributed by atoms with Gasteiger partial charge in [0.1, 0.15) is 11.4 Å². The fourth-order valence-electron chi connectivity index (χ4n) is 6.14. The van der Waals surface area contributed by atoms with Crippen LogP contribution >= 0.6 is 11.6 Å². The van der Waals surface area contributed by atoms with Crippen LogP contribution in [0.4, 0.5) is 0 Å². The fraction of sp³-hybridized carbons (Fsp3) is 0.577. The summed E-state index contributed by atoms with van der Waals surface area (Å²) in [5, 5.41) is 14.2. The Morgan fingerprint density at radius 3 is 2.89 bits per heavy atom. The molecular weight excluding hydrogens is 470 g/mol. The van der Waals surface area contributed by atoms with Crippen molar-refractivity contribution in [1.82, 2.24) is 14.7 Å². The van der Waals surface area contributed by atoms with E-state index in [4.69, 9.17) is 21.1 Å². The number of para-hydroxylation sites is 1. The summed E-state index contributed by atoms with van der Waals surface area (Å²) in [5.41, 5.74) is 0.0263. The molecule has 8 nitrogen and oxygen atoms in total. The minimum Gasteiger partial charge on any atom is -0.487 e. The number of halogens is 1. The second kappa shape index (κ2) is 9.13. The molecule has 2 aromatic rings. The number of fused-ring (bicyclic) bond motifs is 3. The Kier molecular flexibility index (Phi) is 6.30. The van der Waals surface area contributed by atoms with Crippen LogP contribution in [0, 0.1) is 5.92 Å². The number of carboxylic acid groups (broad SMARTS) is 1. The van der Waals surface area contributed by atoms with Crippen molar-refractivity contribution < 1.29 is 24.2 Å². The van der Waals surface area contributed by atoms with Crippen LogP contribution in [0.5, 0.6) is 5.75 Å². The average molecular weight is 502 g/mol. The molecule has 188 valence electrons. The minimum absolute atomic E-state index is 0.00199. The second-order valence-corrected chi connectivity index (χ2v) is 10.7. The van der Waals surface area contributed by atoms with Crippen molar-refractivity contribution in [2.75, 3.05) is 13.2 Å². The molecule has 1 amide bonds. The van der Waals surface area contributed by atoms with Gasteiger partial charge in [-0.25, -0.2) is 0 Å². The zero-order chi connectivity index (χ0) is 24.8. The van der Waals surface area contributed by atoms with Gasteiger partial charge in [-0.15, -0.1) is 0 Å². The van der Waals surface area contributed by atoms with E-state index in [1.807, 2.05) is 43.0 Å². The van der Waals surface area contributed by atoms with Gasteiger partial charge in [-0.2, -0.15) is 5.10 Å². The number of aryl methyl sites for hydroxylation is 1. The Hall–Kier alpha value is -2.58. The molecule has 0 bridgehead atoms. The fourth-order valence-corrected chi connectivity index (χ4v) is 6.37. The van der Waals surface area contributed by atoms with Gasteiger partial charge < -0.3 is 19.5 Å². The minimum atomic E-state index is -0.855. The molecule has 0 aliphatic carbocycles. The number of carboxylic acids is 1. The molecular formula is C26H32ClN3O5. The largest absolute Gasteiger partial charge is 0.487 e. The summed E-state index contributed by atoms with van der Waals surface area (Å²) in [6.07, 6.45) is 5.10. The van der Waals surface area contributed by atoms with E-state index in [1.165, 1.54) is 0 Å². The molecule has 3 aliphatic rings. The van der Waals surface area contributed by atoms with E-state index in [0.29, 0.717) is 37.6 Å². The molecule has 0 unspecified atom stereocenters. The van der Waals surface area contributed by atoms with Gasteiger partial charge in [0.15, 0.2) is 5.69 Å². The first kappa shape index (κ1) is 24.1. The maximum atomic E-state index is 13.7. The topological polar surface area (TPSA) is 93.9 Å². The predicted molar refractivity (Wildman–Crippen MR) is 130 cm³/mol. The van der Waals surface area contributed by atoms with Crippen molar-refractivity contribution in [2.45, 2.75) is 76.2 Å². The van der Waals surface area contributed by atoms with Crippen LogP contribution in [0.2, 0.25) is 5.02 Å². The summed E-state index contributed by atoms with van der Waals surface area (Å²) in [5.74, 6) is -0.391. The van der Waals surface area contributed by atoms with Gasteiger partial charge in [-0.3, -0.25) is 14.3 Å². The lowest BCUT2D eigenvalue weighted by molar-refractivity contribution is -0.169. The van der Waals surface area contributed by atoms with E-state index in [-0.39, 0.29) is 30.0 Å². The van der Waals surface area contributed by atoms with Crippen molar-refractivity contribution in [1.29, 1.82) is 0 Å². The summed E-state index contributed by atoms with van der Waals surface area (Å²) in [7, 11) is 0. The number of ether oxygens (including phenoxy) is 2. The second-order valence-electron chi connectivity index (χ2n) is 10.3. The van der Waals surface area contributed by atoms with Crippen LogP contribution < -0.4 is 4.74 Å². The number of aromatic nitrogens is 2. The molecule has 2 fully saturated rings. The van der Waals surface area contributed by atoms with Gasteiger partial charge in [0.05, 0.1) is 23.3 Å². The Balaban J connectivity index is 1.47. The number of hydrogen-bond donors (Lipinski definition) is 1. The van der Waals surface area contributed by atoms with Crippen LogP contribution in [-0.4, -0.2) is 56.0 Å². The van der Waals surface area contributed by atoms with Crippen molar-refractivity contribution in [2.24, 2.45) is 5.92 Å². The van der Waals surface area contributed by atoms with Gasteiger partial charge in [0, 0.05) is 37.2 Å². The molecule has 0 radical (unpaired) electrons. The van der Waals surface area contributed by atoms with Crippen molar-refractivity contribution in [3.8, 4) is 5.75 Å². The molecule has 4 atom stereocenters. The highest BCUT2D eigenvalue weighted by Gasteiger charge is 2.57. The molecule has 35 heavy (non-hydrogen) atoms. The third-order valence-electron chi connectivity index (χ3n) is 7.90. The maximum Gasteiger partial charge on any atom is 0.303 e. The lowest BCUT2D eigenvalue weighted by atomic mass is 9.68. The number of nitrogens with zero attached hydrogens (tertiary/aromatic N) is 3. The Labute approximate surface area is 210 Å². The summed E-state index contributed by atoms with van der Waals surface area (Å²) < 4.78 is 14.8. The lowest BCUT2D eigenvalue weighted by Gasteiger charge is -2.54. The Morgan fingerprint density at radius 1 is 1.31 bits per heavy atom. The molecule has 1 N–H and O–H groups in total. The Morgan fingerprint density at radius 2 is 2.11 bits per heavy atom. The van der Waals surface area contributed by atoms with Gasteiger partial charge in [-0.05, 0) is 45.1 Å². The highest BCUT2D eigenvalue weighted by Crippen LogP contribution is 2.55. The van der Waals surface area contributed by atoms with Crippen molar-refractivity contribution in [3.05, 3.63) is 46.7 Å². The average Bonchev–Trinajstić information content (AvgIpc) is 3.41. The summed E-state index contributed by atoms with van der Waals surface area (Å²) >= 11 is 6.43. The van der Waals surface area contributed by atoms with Crippen LogP contribution in [0.15, 0.2) is 30.5 Å². The highest BCUT2D eigenvalue weighted by molar-refractivity contribution is 6.33. The van der Waals surface area contributed by atoms with E-state index < -0.39 is 17.1 Å². The predicted octanol–water partition coefficient (Wildman–Crippen LogP) is 4.72. The molecule has 1 aromatic heterocycles. The third-order valence-corrected chi connectivity index (χ3v) is 8.18. The zero-order valence-corrected chi connectivity index (χ0v) is 21.0. The number of rotatable bonds is 6. The third kappa shape index (κ3) is 4.20. The van der Waals surface area contributed by atoms with Crippen LogP contribution in [-0.2, 0) is 16.1 Å². The first-order valence-corrected chi connectivity index (χ1v) is 12.8. The lowest BCUT2D eigenvalue weighted by Crippen LogP contribution is -2.60. The smallest absolute Gasteiger partial charge is 0.303 e. The standard InChI is InChI=1S/C26H32ClN3O5/c1-3-12-29-15-19(27)22(28-29)24(33)30-13-6-10-26(30)14-18-23(34-16-26)17-7-4-5-8-20(17)35-25(18,2)11-9-21(31)32/h4-5,7-8,15,18,23H,3,6,9-14,16H2,1-2H3,(H,31,32)/t18-,23+,25+,26+/m1/s1. The first-order chi connectivity index (χ1) is 16.8. The summed E-state index contributed by atoms with van der Waals surface area (Å²) in [4.78, 5) is 27.0. The van der Waals surface area contributed by atoms with E-state index in [1.54, 1.807) is 10.9 Å². The first-order valence-electron chi connectivity index (χ1n) is 12.4. The number of carbonyl (C=O) groups excluding carboxylic acids is 1. The van der Waals surface area contributed by atoms with E-state index >= 15 is 0 Å². The van der Waals surface area contributed by atoms with Gasteiger partial charge in [-0.1, -0.05) is 36.7 Å². The number of hydrogen-bond acceptors (Lipinski definition) is 5. The molecule has 1 aromatic carbocycles. The van der Waals surface area contributed by atoms with Crippen molar-refractivity contribution >= 4 is 23.5 Å². The number of likely N-dealkylation sites (tertiary alicyclic amines) is 1. The van der Waals surface area contributed by atoms with E-state index in [9.17, 15) is 14.7 Å². The number of amides is 1. The van der Waals surface area contributed by atoms with Crippen molar-refractivity contribution in [3.63, 3.8) is 0 Å². The highest BCUT2D eigenvalue weighted by atomic mass is 35.5. The Bertz CT molecular complexity index is 1140. The van der Waals surface area contributed by atoms with Gasteiger partial charge in [0.25, 0.3) is 5.91 Å². The van der Waals surface area contributed by atoms with Crippen LogP contribution in [0.25, 0.3) is 0 Å². The number of aliphatic carboxylic acids is 1. The van der Waals surface area contributed by atoms with Crippen LogP contribution in [0.1, 0.15) is 74.5 Å². The monoisotopic (exact) mass is 501 g/mol. The molecule has 2 saturated heterocycles. The SMILES string of the molecule is CCCn1cc(Cl)c(C(=O)N2CCC[C@]23CO[C@H]2c4ccccc4O[C@@](C)(CCC(=O)O)[C@@H]2C3)n1. The zero-order valence-electron chi connectivity index (χ0n) is 20.2. The van der Waals surface area contributed by atoms with E-state index in [0.717, 1.165) is 30.6 Å². The maximum absolute atomic E-state index is 13.7. The van der Waals surface area contributed by atoms with Gasteiger partial charge >= 0.3 is 5.97 Å². The number of carbonyl (C=O) groups is 2. The quantitative estimate of drug-likeness (QED) is 0.615. The molecule has 9 heteroatoms. The molecule has 1 spiro atoms. The van der Waals surface area contributed by atoms with Crippen LogP contribution in [0.3, 0.4) is 0 Å². The molecule has 3 aliphatic heterocycles. The summed E-state index contributed by atoms with van der Waals surface area (Å²) in [6.45, 7) is 5.75.